The molecule has 0 saturated heterocycles. The molecule has 0 saturated carbocycles. The zero-order chi connectivity index (χ0) is 17.9. The normalized spacial score (nSPS) is 16.2. The van der Waals surface area contributed by atoms with Crippen LogP contribution in [0.2, 0.25) is 0 Å². The van der Waals surface area contributed by atoms with E-state index < -0.39 is 0 Å². The van der Waals surface area contributed by atoms with Gasteiger partial charge in [-0.25, -0.2) is 0 Å². The van der Waals surface area contributed by atoms with Crippen LogP contribution in [0.15, 0.2) is 60.7 Å². The summed E-state index contributed by atoms with van der Waals surface area (Å²) in [6.07, 6.45) is 1.17. The summed E-state index contributed by atoms with van der Waals surface area (Å²) in [4.78, 5) is 2.31. The Morgan fingerprint density at radius 1 is 1.12 bits per heavy atom. The van der Waals surface area contributed by atoms with Gasteiger partial charge in [-0.05, 0) is 36.1 Å². The van der Waals surface area contributed by atoms with Crippen LogP contribution in [0.4, 0.5) is 11.4 Å². The highest BCUT2D eigenvalue weighted by atomic mass is 16.5. The van der Waals surface area contributed by atoms with Crippen LogP contribution in [0.3, 0.4) is 0 Å². The van der Waals surface area contributed by atoms with Crippen LogP contribution >= 0.6 is 0 Å². The number of anilines is 2. The SMILES string of the molecule is CCC1CN(CCOc2cccc3ccccc23)c2cc(N)ccc2O1. The van der Waals surface area contributed by atoms with E-state index in [-0.39, 0.29) is 6.10 Å². The average molecular weight is 348 g/mol. The predicted molar refractivity (Wildman–Crippen MR) is 107 cm³/mol. The maximum Gasteiger partial charge on any atom is 0.143 e. The zero-order valence-corrected chi connectivity index (χ0v) is 15.0. The van der Waals surface area contributed by atoms with E-state index in [9.17, 15) is 0 Å². The number of ether oxygens (including phenoxy) is 2. The van der Waals surface area contributed by atoms with Gasteiger partial charge in [0.15, 0.2) is 0 Å². The molecular weight excluding hydrogens is 324 g/mol. The quantitative estimate of drug-likeness (QED) is 0.691. The number of hydrogen-bond donors (Lipinski definition) is 1. The molecule has 4 rings (SSSR count). The van der Waals surface area contributed by atoms with E-state index in [0.29, 0.717) is 6.61 Å². The molecular formula is C22H24N2O2. The van der Waals surface area contributed by atoms with Crippen molar-refractivity contribution in [3.63, 3.8) is 0 Å². The summed E-state index contributed by atoms with van der Waals surface area (Å²) < 4.78 is 12.2. The van der Waals surface area contributed by atoms with Crippen molar-refractivity contribution in [1.82, 2.24) is 0 Å². The first-order valence-electron chi connectivity index (χ1n) is 9.16. The number of hydrogen-bond acceptors (Lipinski definition) is 4. The van der Waals surface area contributed by atoms with Crippen molar-refractivity contribution in [2.75, 3.05) is 30.3 Å². The highest BCUT2D eigenvalue weighted by molar-refractivity contribution is 5.88. The van der Waals surface area contributed by atoms with Crippen LogP contribution in [0.5, 0.6) is 11.5 Å². The summed E-state index contributed by atoms with van der Waals surface area (Å²) in [7, 11) is 0. The Morgan fingerprint density at radius 3 is 2.85 bits per heavy atom. The van der Waals surface area contributed by atoms with Gasteiger partial charge in [0.25, 0.3) is 0 Å². The molecule has 0 fully saturated rings. The maximum absolute atomic E-state index is 6.12. The molecule has 3 aromatic rings. The number of benzene rings is 3. The molecule has 26 heavy (non-hydrogen) atoms. The van der Waals surface area contributed by atoms with Crippen LogP contribution in [0.1, 0.15) is 13.3 Å². The first-order chi connectivity index (χ1) is 12.7. The molecule has 134 valence electrons. The molecule has 4 heteroatoms. The smallest absolute Gasteiger partial charge is 0.143 e. The molecule has 1 unspecified atom stereocenters. The van der Waals surface area contributed by atoms with E-state index in [1.807, 2.05) is 42.5 Å². The lowest BCUT2D eigenvalue weighted by molar-refractivity contribution is 0.186. The molecule has 0 aromatic heterocycles. The summed E-state index contributed by atoms with van der Waals surface area (Å²) in [5.74, 6) is 1.83. The second kappa shape index (κ2) is 7.16. The van der Waals surface area contributed by atoms with Gasteiger partial charge in [-0.1, -0.05) is 43.3 Å². The third-order valence-corrected chi connectivity index (χ3v) is 4.87. The van der Waals surface area contributed by atoms with E-state index in [4.69, 9.17) is 15.2 Å². The monoisotopic (exact) mass is 348 g/mol. The largest absolute Gasteiger partial charge is 0.491 e. The Bertz CT molecular complexity index is 904. The van der Waals surface area contributed by atoms with E-state index in [0.717, 1.165) is 47.8 Å². The minimum Gasteiger partial charge on any atom is -0.491 e. The van der Waals surface area contributed by atoms with Gasteiger partial charge in [0.1, 0.15) is 24.2 Å². The molecule has 1 aliphatic rings. The Kier molecular flexibility index (Phi) is 4.57. The fraction of sp³-hybridized carbons (Fsp3) is 0.273. The fourth-order valence-corrected chi connectivity index (χ4v) is 3.45. The van der Waals surface area contributed by atoms with E-state index in [1.54, 1.807) is 0 Å². The number of nitrogens with zero attached hydrogens (tertiary/aromatic N) is 1. The van der Waals surface area contributed by atoms with Crippen molar-refractivity contribution in [1.29, 1.82) is 0 Å². The van der Waals surface area contributed by atoms with Gasteiger partial charge in [0.2, 0.25) is 0 Å². The molecule has 4 nitrogen and oxygen atoms in total. The van der Waals surface area contributed by atoms with Crippen LogP contribution in [-0.2, 0) is 0 Å². The van der Waals surface area contributed by atoms with Gasteiger partial charge in [-0.15, -0.1) is 0 Å². The fourth-order valence-electron chi connectivity index (χ4n) is 3.45. The molecule has 2 N–H and O–H groups in total. The van der Waals surface area contributed by atoms with E-state index in [2.05, 4.69) is 30.0 Å². The third kappa shape index (κ3) is 3.27. The molecule has 0 radical (unpaired) electrons. The van der Waals surface area contributed by atoms with Gasteiger partial charge in [0.05, 0.1) is 18.8 Å². The van der Waals surface area contributed by atoms with Crippen LogP contribution in [0.25, 0.3) is 10.8 Å². The van der Waals surface area contributed by atoms with Crippen molar-refractivity contribution in [2.45, 2.75) is 19.4 Å². The standard InChI is InChI=1S/C22H24N2O2/c1-2-18-15-24(20-14-17(23)10-11-22(20)26-18)12-13-25-21-9-5-7-16-6-3-4-8-19(16)21/h3-11,14,18H,2,12-13,15,23H2,1H3. The molecule has 1 heterocycles. The molecule has 1 aliphatic heterocycles. The minimum absolute atomic E-state index is 0.198. The lowest BCUT2D eigenvalue weighted by Crippen LogP contribution is -2.41. The lowest BCUT2D eigenvalue weighted by Gasteiger charge is -2.36. The summed E-state index contributed by atoms with van der Waals surface area (Å²) in [6.45, 7) is 4.40. The number of rotatable bonds is 5. The predicted octanol–water partition coefficient (Wildman–Crippen LogP) is 4.48. The highest BCUT2D eigenvalue weighted by Crippen LogP contribution is 2.35. The zero-order valence-electron chi connectivity index (χ0n) is 15.0. The van der Waals surface area contributed by atoms with E-state index >= 15 is 0 Å². The molecule has 0 spiro atoms. The van der Waals surface area contributed by atoms with Crippen molar-refractivity contribution in [3.8, 4) is 11.5 Å². The van der Waals surface area contributed by atoms with Gasteiger partial charge in [0, 0.05) is 11.1 Å². The Labute approximate surface area is 154 Å². The van der Waals surface area contributed by atoms with Gasteiger partial charge in [-0.3, -0.25) is 0 Å². The van der Waals surface area contributed by atoms with E-state index in [1.165, 1.54) is 5.39 Å². The molecule has 1 atom stereocenters. The molecule has 3 aromatic carbocycles. The Balaban J connectivity index is 1.50. The maximum atomic E-state index is 6.12. The average Bonchev–Trinajstić information content (AvgIpc) is 2.68. The van der Waals surface area contributed by atoms with Gasteiger partial charge in [-0.2, -0.15) is 0 Å². The van der Waals surface area contributed by atoms with Gasteiger partial charge >= 0.3 is 0 Å². The summed E-state index contributed by atoms with van der Waals surface area (Å²) >= 11 is 0. The van der Waals surface area contributed by atoms with Gasteiger partial charge < -0.3 is 20.1 Å². The first kappa shape index (κ1) is 16.6. The lowest BCUT2D eigenvalue weighted by atomic mass is 10.1. The van der Waals surface area contributed by atoms with Crippen molar-refractivity contribution in [3.05, 3.63) is 60.7 Å². The van der Waals surface area contributed by atoms with Crippen LogP contribution < -0.4 is 20.1 Å². The summed E-state index contributed by atoms with van der Waals surface area (Å²) in [6, 6.07) is 20.3. The number of nitrogens with two attached hydrogens (primary N) is 1. The van der Waals surface area contributed by atoms with Crippen molar-refractivity contribution < 1.29 is 9.47 Å². The van der Waals surface area contributed by atoms with Crippen molar-refractivity contribution in [2.24, 2.45) is 0 Å². The van der Waals surface area contributed by atoms with Crippen LogP contribution in [-0.4, -0.2) is 25.8 Å². The Hall–Kier alpha value is -2.88. The molecule has 0 amide bonds. The minimum atomic E-state index is 0.198. The second-order valence-electron chi connectivity index (χ2n) is 6.65. The number of nitrogen functional groups attached to an aromatic ring is 1. The summed E-state index contributed by atoms with van der Waals surface area (Å²) in [5.41, 5.74) is 7.78. The number of fused-ring (bicyclic) bond motifs is 2. The first-order valence-corrected chi connectivity index (χ1v) is 9.16. The molecule has 0 bridgehead atoms. The highest BCUT2D eigenvalue weighted by Gasteiger charge is 2.24. The Morgan fingerprint density at radius 2 is 1.96 bits per heavy atom. The van der Waals surface area contributed by atoms with Crippen molar-refractivity contribution >= 4 is 22.1 Å². The van der Waals surface area contributed by atoms with Crippen LogP contribution in [0, 0.1) is 0 Å². The third-order valence-electron chi connectivity index (χ3n) is 4.87. The topological polar surface area (TPSA) is 47.7 Å². The second-order valence-corrected chi connectivity index (χ2v) is 6.65. The summed E-state index contributed by atoms with van der Waals surface area (Å²) in [5, 5.41) is 2.34. The molecule has 0 aliphatic carbocycles.